The van der Waals surface area contributed by atoms with Gasteiger partial charge in [0.05, 0.1) is 17.1 Å². The lowest BCUT2D eigenvalue weighted by Gasteiger charge is -2.11. The average Bonchev–Trinajstić information content (AvgIpc) is 3.21. The number of rotatable bonds is 6. The molecule has 0 saturated heterocycles. The van der Waals surface area contributed by atoms with E-state index in [1.165, 1.54) is 11.8 Å². The molecule has 0 radical (unpaired) electrons. The third-order valence-corrected chi connectivity index (χ3v) is 4.60. The Labute approximate surface area is 149 Å². The average molecular weight is 357 g/mol. The number of hydrogen-bond acceptors (Lipinski definition) is 6. The van der Waals surface area contributed by atoms with Crippen LogP contribution in [0.25, 0.3) is 5.69 Å². The van der Waals surface area contributed by atoms with E-state index >= 15 is 0 Å². The van der Waals surface area contributed by atoms with Crippen LogP contribution < -0.4 is 5.32 Å². The van der Waals surface area contributed by atoms with E-state index in [-0.39, 0.29) is 11.2 Å². The van der Waals surface area contributed by atoms with Gasteiger partial charge in [-0.15, -0.1) is 5.10 Å². The van der Waals surface area contributed by atoms with Crippen molar-refractivity contribution >= 4 is 17.7 Å². The maximum Gasteiger partial charge on any atom is 0.233 e. The number of nitrogens with zero attached hydrogens (tertiary/aromatic N) is 6. The molecular weight excluding hydrogens is 338 g/mol. The summed E-state index contributed by atoms with van der Waals surface area (Å²) in [6.07, 6.45) is 3.60. The highest BCUT2D eigenvalue weighted by molar-refractivity contribution is 8.00. The SMILES string of the molecule is Cc1cccc(-n2nnnc2S[C@@H](C)C(=O)NCc2cnn(C)c2)c1. The van der Waals surface area contributed by atoms with Crippen LogP contribution in [0.4, 0.5) is 0 Å². The number of nitrogens with one attached hydrogen (secondary N) is 1. The zero-order chi connectivity index (χ0) is 17.8. The van der Waals surface area contributed by atoms with Crippen LogP contribution in [-0.2, 0) is 18.4 Å². The molecule has 0 aliphatic carbocycles. The smallest absolute Gasteiger partial charge is 0.233 e. The molecule has 8 nitrogen and oxygen atoms in total. The van der Waals surface area contributed by atoms with Crippen molar-refractivity contribution in [2.45, 2.75) is 30.8 Å². The molecule has 2 heterocycles. The van der Waals surface area contributed by atoms with Crippen LogP contribution in [0.1, 0.15) is 18.1 Å². The molecule has 1 N–H and O–H groups in total. The van der Waals surface area contributed by atoms with Gasteiger partial charge in [0.2, 0.25) is 11.1 Å². The summed E-state index contributed by atoms with van der Waals surface area (Å²) in [5.41, 5.74) is 2.94. The van der Waals surface area contributed by atoms with E-state index in [0.29, 0.717) is 11.7 Å². The monoisotopic (exact) mass is 357 g/mol. The lowest BCUT2D eigenvalue weighted by molar-refractivity contribution is -0.120. The van der Waals surface area contributed by atoms with E-state index in [1.54, 1.807) is 15.6 Å². The quantitative estimate of drug-likeness (QED) is 0.673. The van der Waals surface area contributed by atoms with Gasteiger partial charge in [-0.3, -0.25) is 9.48 Å². The fourth-order valence-corrected chi connectivity index (χ4v) is 3.11. The number of tetrazole rings is 1. The fourth-order valence-electron chi connectivity index (χ4n) is 2.28. The summed E-state index contributed by atoms with van der Waals surface area (Å²) in [7, 11) is 1.84. The van der Waals surface area contributed by atoms with Gasteiger partial charge in [0, 0.05) is 25.4 Å². The standard InChI is InChI=1S/C16H19N7OS/c1-11-5-4-6-14(7-11)23-16(19-20-21-23)25-12(2)15(24)17-8-13-9-18-22(3)10-13/h4-7,9-10,12H,8H2,1-3H3,(H,17,24)/t12-/m0/s1. The third kappa shape index (κ3) is 4.24. The van der Waals surface area contributed by atoms with Crippen molar-refractivity contribution in [1.82, 2.24) is 35.3 Å². The summed E-state index contributed by atoms with van der Waals surface area (Å²) >= 11 is 1.32. The van der Waals surface area contributed by atoms with Gasteiger partial charge in [-0.25, -0.2) is 0 Å². The maximum absolute atomic E-state index is 12.3. The van der Waals surface area contributed by atoms with Gasteiger partial charge in [0.25, 0.3) is 0 Å². The molecule has 1 aromatic carbocycles. The van der Waals surface area contributed by atoms with Gasteiger partial charge in [-0.2, -0.15) is 9.78 Å². The molecule has 0 saturated carbocycles. The molecule has 3 aromatic rings. The fraction of sp³-hybridized carbons (Fsp3) is 0.312. The Hall–Kier alpha value is -2.68. The molecule has 1 amide bonds. The highest BCUT2D eigenvalue weighted by Crippen LogP contribution is 2.23. The first-order valence-electron chi connectivity index (χ1n) is 7.80. The van der Waals surface area contributed by atoms with Gasteiger partial charge in [-0.05, 0) is 42.0 Å². The summed E-state index contributed by atoms with van der Waals surface area (Å²) in [6, 6.07) is 7.88. The molecule has 2 aromatic heterocycles. The number of hydrogen-bond donors (Lipinski definition) is 1. The molecule has 0 fully saturated rings. The number of carbonyl (C=O) groups is 1. The Morgan fingerprint density at radius 3 is 2.96 bits per heavy atom. The predicted octanol–water partition coefficient (Wildman–Crippen LogP) is 1.50. The molecule has 0 bridgehead atoms. The predicted molar refractivity (Wildman–Crippen MR) is 94.3 cm³/mol. The van der Waals surface area contributed by atoms with Crippen molar-refractivity contribution in [2.24, 2.45) is 7.05 Å². The third-order valence-electron chi connectivity index (χ3n) is 3.56. The van der Waals surface area contributed by atoms with Crippen LogP contribution in [0.5, 0.6) is 0 Å². The Morgan fingerprint density at radius 2 is 2.24 bits per heavy atom. The Morgan fingerprint density at radius 1 is 1.40 bits per heavy atom. The van der Waals surface area contributed by atoms with E-state index in [9.17, 15) is 4.79 Å². The summed E-state index contributed by atoms with van der Waals surface area (Å²) in [5, 5.41) is 19.0. The molecule has 25 heavy (non-hydrogen) atoms. The van der Waals surface area contributed by atoms with Gasteiger partial charge in [0.1, 0.15) is 0 Å². The van der Waals surface area contributed by atoms with Gasteiger partial charge in [-0.1, -0.05) is 23.9 Å². The normalized spacial score (nSPS) is 12.1. The number of carbonyl (C=O) groups excluding carboxylic acids is 1. The van der Waals surface area contributed by atoms with E-state index in [4.69, 9.17) is 0 Å². The second kappa shape index (κ2) is 7.47. The van der Waals surface area contributed by atoms with E-state index in [1.807, 2.05) is 51.4 Å². The van der Waals surface area contributed by atoms with Crippen LogP contribution in [-0.4, -0.2) is 41.1 Å². The largest absolute Gasteiger partial charge is 0.351 e. The molecular formula is C16H19N7OS. The van der Waals surface area contributed by atoms with Crippen molar-refractivity contribution in [3.63, 3.8) is 0 Å². The number of aryl methyl sites for hydroxylation is 2. The second-order valence-corrected chi connectivity index (χ2v) is 7.02. The van der Waals surface area contributed by atoms with Crippen molar-refractivity contribution < 1.29 is 4.79 Å². The Balaban J connectivity index is 1.64. The zero-order valence-corrected chi connectivity index (χ0v) is 15.1. The number of benzene rings is 1. The minimum absolute atomic E-state index is 0.0763. The van der Waals surface area contributed by atoms with Crippen LogP contribution >= 0.6 is 11.8 Å². The van der Waals surface area contributed by atoms with Crippen molar-refractivity contribution in [1.29, 1.82) is 0 Å². The molecule has 0 aliphatic rings. The Bertz CT molecular complexity index is 873. The first kappa shape index (κ1) is 17.2. The molecule has 3 rings (SSSR count). The number of thioether (sulfide) groups is 1. The van der Waals surface area contributed by atoms with Crippen molar-refractivity contribution in [2.75, 3.05) is 0 Å². The highest BCUT2D eigenvalue weighted by atomic mass is 32.2. The summed E-state index contributed by atoms with van der Waals surface area (Å²) in [6.45, 7) is 4.29. The lowest BCUT2D eigenvalue weighted by atomic mass is 10.2. The minimum atomic E-state index is -0.328. The zero-order valence-electron chi connectivity index (χ0n) is 14.2. The Kier molecular flexibility index (Phi) is 5.13. The first-order valence-corrected chi connectivity index (χ1v) is 8.68. The second-order valence-electron chi connectivity index (χ2n) is 5.71. The summed E-state index contributed by atoms with van der Waals surface area (Å²) in [5.74, 6) is -0.0763. The van der Waals surface area contributed by atoms with E-state index in [2.05, 4.69) is 25.9 Å². The minimum Gasteiger partial charge on any atom is -0.351 e. The molecule has 0 spiro atoms. The highest BCUT2D eigenvalue weighted by Gasteiger charge is 2.19. The molecule has 9 heteroatoms. The molecule has 0 aliphatic heterocycles. The van der Waals surface area contributed by atoms with Crippen LogP contribution in [0.3, 0.4) is 0 Å². The number of amides is 1. The first-order chi connectivity index (χ1) is 12.0. The van der Waals surface area contributed by atoms with Gasteiger partial charge >= 0.3 is 0 Å². The number of aromatic nitrogens is 6. The van der Waals surface area contributed by atoms with Crippen molar-refractivity contribution in [3.8, 4) is 5.69 Å². The lowest BCUT2D eigenvalue weighted by Crippen LogP contribution is -2.30. The summed E-state index contributed by atoms with van der Waals surface area (Å²) < 4.78 is 3.35. The van der Waals surface area contributed by atoms with Crippen molar-refractivity contribution in [3.05, 3.63) is 47.8 Å². The van der Waals surface area contributed by atoms with E-state index in [0.717, 1.165) is 16.8 Å². The molecule has 130 valence electrons. The topological polar surface area (TPSA) is 90.5 Å². The van der Waals surface area contributed by atoms with E-state index < -0.39 is 0 Å². The van der Waals surface area contributed by atoms with Gasteiger partial charge < -0.3 is 5.32 Å². The molecule has 0 unspecified atom stereocenters. The van der Waals surface area contributed by atoms with Crippen LogP contribution in [0, 0.1) is 6.92 Å². The summed E-state index contributed by atoms with van der Waals surface area (Å²) in [4.78, 5) is 12.3. The maximum atomic E-state index is 12.3. The van der Waals surface area contributed by atoms with Crippen LogP contribution in [0.15, 0.2) is 41.8 Å². The van der Waals surface area contributed by atoms with Crippen LogP contribution in [0.2, 0.25) is 0 Å². The van der Waals surface area contributed by atoms with Gasteiger partial charge in [0.15, 0.2) is 0 Å². The molecule has 1 atom stereocenters.